The lowest BCUT2D eigenvalue weighted by Crippen LogP contribution is -1.95. The maximum absolute atomic E-state index is 9.49. The van der Waals surface area contributed by atoms with Gasteiger partial charge in [0.2, 0.25) is 0 Å². The molecular weight excluding hydrogens is 857 g/mol. The second-order valence-electron chi connectivity index (χ2n) is 18.3. The molecule has 14 rings (SSSR count). The first-order chi connectivity index (χ1) is 34.6. The zero-order valence-corrected chi connectivity index (χ0v) is 37.6. The van der Waals surface area contributed by atoms with Gasteiger partial charge in [-0.25, -0.2) is 0 Å². The summed E-state index contributed by atoms with van der Waals surface area (Å²) in [7, 11) is 0. The van der Waals surface area contributed by atoms with E-state index in [1.54, 1.807) is 0 Å². The Morgan fingerprint density at radius 2 is 0.757 bits per heavy atom. The Labute approximate surface area is 401 Å². The Morgan fingerprint density at radius 3 is 1.20 bits per heavy atom. The van der Waals surface area contributed by atoms with E-state index in [0.29, 0.717) is 11.1 Å². The highest BCUT2D eigenvalue weighted by Crippen LogP contribution is 2.40. The smallest absolute Gasteiger partial charge is 0.138 e. The summed E-state index contributed by atoms with van der Waals surface area (Å²) in [5.74, 6) is 0. The van der Waals surface area contributed by atoms with E-state index < -0.39 is 0 Å². The van der Waals surface area contributed by atoms with E-state index in [0.717, 1.165) is 101 Å². The number of hydrogen-bond acceptors (Lipinski definition) is 4. The molecule has 0 saturated heterocycles. The Kier molecular flexibility index (Phi) is 8.74. The van der Waals surface area contributed by atoms with Crippen molar-refractivity contribution in [2.24, 2.45) is 0 Å². The summed E-state index contributed by atoms with van der Waals surface area (Å²) >= 11 is 0. The number of aromatic nitrogens is 2. The second kappa shape index (κ2) is 15.5. The van der Waals surface area contributed by atoms with Crippen molar-refractivity contribution in [1.29, 1.82) is 10.5 Å². The van der Waals surface area contributed by atoms with Crippen LogP contribution in [0.15, 0.2) is 215 Å². The lowest BCUT2D eigenvalue weighted by Gasteiger charge is -2.11. The van der Waals surface area contributed by atoms with Crippen molar-refractivity contribution in [3.63, 3.8) is 0 Å². The molecule has 0 radical (unpaired) electrons. The monoisotopic (exact) mass is 894 g/mol. The topological polar surface area (TPSA) is 83.7 Å². The van der Waals surface area contributed by atoms with Gasteiger partial charge in [0.05, 0.1) is 45.3 Å². The first-order valence-corrected chi connectivity index (χ1v) is 23.5. The quantitative estimate of drug-likeness (QED) is 0.160. The van der Waals surface area contributed by atoms with E-state index in [9.17, 15) is 10.5 Å². The second-order valence-corrected chi connectivity index (χ2v) is 18.3. The zero-order chi connectivity index (χ0) is 46.5. The van der Waals surface area contributed by atoms with Crippen molar-refractivity contribution in [1.82, 2.24) is 9.13 Å². The third-order valence-electron chi connectivity index (χ3n) is 14.3. The molecule has 0 spiro atoms. The van der Waals surface area contributed by atoms with Gasteiger partial charge in [0.25, 0.3) is 0 Å². The molecule has 0 aliphatic rings. The van der Waals surface area contributed by atoms with E-state index in [1.165, 1.54) is 43.8 Å². The van der Waals surface area contributed by atoms with Crippen LogP contribution in [0.1, 0.15) is 33.4 Å². The van der Waals surface area contributed by atoms with Gasteiger partial charge < -0.3 is 18.0 Å². The maximum Gasteiger partial charge on any atom is 0.138 e. The minimum Gasteiger partial charge on any atom is -0.456 e. The number of furan rings is 2. The summed E-state index contributed by atoms with van der Waals surface area (Å²) in [6, 6.07) is 77.2. The van der Waals surface area contributed by atoms with Crippen LogP contribution in [0.4, 0.5) is 0 Å². The van der Waals surface area contributed by atoms with Crippen molar-refractivity contribution < 1.29 is 8.83 Å². The molecule has 0 fully saturated rings. The van der Waals surface area contributed by atoms with Crippen LogP contribution in [0.25, 0.3) is 110 Å². The largest absolute Gasteiger partial charge is 0.456 e. The summed E-state index contributed by atoms with van der Waals surface area (Å²) in [5, 5.41) is 27.8. The van der Waals surface area contributed by atoms with Crippen LogP contribution < -0.4 is 0 Å². The molecule has 0 N–H and O–H groups in total. The van der Waals surface area contributed by atoms with Crippen molar-refractivity contribution in [2.75, 3.05) is 0 Å². The molecule has 0 aliphatic heterocycles. The van der Waals surface area contributed by atoms with Crippen LogP contribution >= 0.6 is 0 Å². The zero-order valence-electron chi connectivity index (χ0n) is 37.6. The van der Waals surface area contributed by atoms with E-state index in [2.05, 4.69) is 191 Å². The van der Waals surface area contributed by atoms with Gasteiger partial charge in [-0.05, 0) is 130 Å². The van der Waals surface area contributed by atoms with Gasteiger partial charge in [0.15, 0.2) is 0 Å². The van der Waals surface area contributed by atoms with E-state index in [4.69, 9.17) is 8.83 Å². The number of nitriles is 2. The average molecular weight is 895 g/mol. The van der Waals surface area contributed by atoms with Crippen LogP contribution in [0.5, 0.6) is 0 Å². The van der Waals surface area contributed by atoms with Gasteiger partial charge >= 0.3 is 0 Å². The molecule has 0 saturated carbocycles. The van der Waals surface area contributed by atoms with Crippen molar-refractivity contribution in [3.8, 4) is 34.6 Å². The van der Waals surface area contributed by atoms with Crippen molar-refractivity contribution >= 4 is 87.5 Å². The van der Waals surface area contributed by atoms with Crippen LogP contribution in [0.2, 0.25) is 0 Å². The lowest BCUT2D eigenvalue weighted by molar-refractivity contribution is 0.663. The van der Waals surface area contributed by atoms with Crippen molar-refractivity contribution in [3.05, 3.63) is 240 Å². The van der Waals surface area contributed by atoms with Gasteiger partial charge in [-0.1, -0.05) is 109 Å². The van der Waals surface area contributed by atoms with Crippen molar-refractivity contribution in [2.45, 2.75) is 12.8 Å². The molecule has 6 nitrogen and oxygen atoms in total. The molecule has 10 aromatic carbocycles. The normalized spacial score (nSPS) is 11.8. The molecule has 0 amide bonds. The molecule has 14 aromatic rings. The molecular formula is C64H38N4O2. The van der Waals surface area contributed by atoms with Crippen LogP contribution in [-0.2, 0) is 12.8 Å². The molecule has 0 atom stereocenters. The summed E-state index contributed by atoms with van der Waals surface area (Å²) in [6.45, 7) is 0. The van der Waals surface area contributed by atoms with Crippen LogP contribution in [-0.4, -0.2) is 9.13 Å². The molecule has 4 aromatic heterocycles. The lowest BCUT2D eigenvalue weighted by atomic mass is 10.0. The Balaban J connectivity index is 0.784. The molecule has 326 valence electrons. The number of hydrogen-bond donors (Lipinski definition) is 0. The SMILES string of the molecule is N#Cc1ccc2oc3c(Cc4ccc(-n5c6ccccc6c6cc(-c7ccc8c(c7)c7ccccc7n8-c7ccc(Cc8cccc9c8oc8ccc(C#N)cc89)cc7)ccc65)cc4)cccc3c2c1. The van der Waals surface area contributed by atoms with Gasteiger partial charge in [0.1, 0.15) is 22.3 Å². The van der Waals surface area contributed by atoms with E-state index >= 15 is 0 Å². The fourth-order valence-corrected chi connectivity index (χ4v) is 11.0. The summed E-state index contributed by atoms with van der Waals surface area (Å²) in [4.78, 5) is 0. The highest BCUT2D eigenvalue weighted by Gasteiger charge is 2.18. The number of para-hydroxylation sites is 4. The van der Waals surface area contributed by atoms with E-state index in [1.807, 2.05) is 36.4 Å². The number of benzene rings is 10. The molecule has 4 heterocycles. The van der Waals surface area contributed by atoms with Gasteiger partial charge in [0, 0.05) is 67.3 Å². The number of fused-ring (bicyclic) bond motifs is 12. The summed E-state index contributed by atoms with van der Waals surface area (Å²) in [6.07, 6.45) is 1.45. The van der Waals surface area contributed by atoms with Crippen LogP contribution in [0.3, 0.4) is 0 Å². The van der Waals surface area contributed by atoms with Crippen LogP contribution in [0, 0.1) is 22.7 Å². The number of rotatable bonds is 7. The van der Waals surface area contributed by atoms with Gasteiger partial charge in [-0.2, -0.15) is 10.5 Å². The third-order valence-corrected chi connectivity index (χ3v) is 14.3. The minimum absolute atomic E-state index is 0.628. The molecule has 0 unspecified atom stereocenters. The fourth-order valence-electron chi connectivity index (χ4n) is 11.0. The fraction of sp³-hybridized carbons (Fsp3) is 0.0312. The number of nitrogens with zero attached hydrogens (tertiary/aromatic N) is 4. The summed E-state index contributed by atoms with van der Waals surface area (Å²) in [5.41, 5.74) is 18.4. The first kappa shape index (κ1) is 39.5. The van der Waals surface area contributed by atoms with Gasteiger partial charge in [-0.3, -0.25) is 0 Å². The van der Waals surface area contributed by atoms with Gasteiger partial charge in [-0.15, -0.1) is 0 Å². The Morgan fingerprint density at radius 1 is 0.343 bits per heavy atom. The molecule has 6 heteroatoms. The predicted octanol–water partition coefficient (Wildman–Crippen LogP) is 16.3. The maximum atomic E-state index is 9.49. The highest BCUT2D eigenvalue weighted by atomic mass is 16.3. The molecule has 0 bridgehead atoms. The highest BCUT2D eigenvalue weighted by molar-refractivity contribution is 6.13. The molecule has 0 aliphatic carbocycles. The standard InChI is InChI=1S/C64H38N4O2/c65-37-41-19-29-61-55(33-41)51-11-5-7-45(63(51)69-61)31-39-15-23-47(24-16-39)67-57-13-3-1-9-49(57)53-35-43(21-27-59(53)67)44-22-28-60-54(36-44)50-10-2-4-14-58(50)68(60)48-25-17-40(18-26-48)32-46-8-6-12-52-56-34-42(38-66)20-30-62(56)70-64(46)52/h1-30,33-36H,31-32H2. The Hall–Kier alpha value is -9.62. The minimum atomic E-state index is 0.628. The summed E-state index contributed by atoms with van der Waals surface area (Å²) < 4.78 is 17.5. The Bertz CT molecular complexity index is 4260. The van der Waals surface area contributed by atoms with E-state index in [-0.39, 0.29) is 0 Å². The third kappa shape index (κ3) is 6.18. The first-order valence-electron chi connectivity index (χ1n) is 23.5. The average Bonchev–Trinajstić information content (AvgIpc) is 4.17. The predicted molar refractivity (Wildman–Crippen MR) is 283 cm³/mol. The molecule has 70 heavy (non-hydrogen) atoms.